The molecule has 1 aromatic rings. The molecule has 2 aliphatic heterocycles. The van der Waals surface area contributed by atoms with E-state index in [9.17, 15) is 4.79 Å². The van der Waals surface area contributed by atoms with E-state index in [-0.39, 0.29) is 11.3 Å². The Kier molecular flexibility index (Phi) is 3.80. The monoisotopic (exact) mass is 361 g/mol. The van der Waals surface area contributed by atoms with Crippen molar-refractivity contribution in [3.05, 3.63) is 33.3 Å². The van der Waals surface area contributed by atoms with Gasteiger partial charge in [0.1, 0.15) is 0 Å². The Morgan fingerprint density at radius 1 is 1.26 bits per heavy atom. The van der Waals surface area contributed by atoms with Crippen LogP contribution in [0.2, 0.25) is 5.02 Å². The molecule has 2 atom stereocenters. The SMILES string of the molecule is O=C(c1ccc(Br)c(Cl)c1)N1C2CCC1CC(Cl)C2. The van der Waals surface area contributed by atoms with Crippen molar-refractivity contribution in [2.24, 2.45) is 0 Å². The van der Waals surface area contributed by atoms with E-state index in [1.165, 1.54) is 0 Å². The van der Waals surface area contributed by atoms with Crippen LogP contribution in [0.5, 0.6) is 0 Å². The molecule has 1 amide bonds. The number of amides is 1. The van der Waals surface area contributed by atoms with Crippen LogP contribution in [0, 0.1) is 0 Å². The van der Waals surface area contributed by atoms with Gasteiger partial charge in [0.15, 0.2) is 0 Å². The summed E-state index contributed by atoms with van der Waals surface area (Å²) < 4.78 is 0.813. The molecule has 0 spiro atoms. The van der Waals surface area contributed by atoms with Gasteiger partial charge in [-0.15, -0.1) is 11.6 Å². The second-order valence-corrected chi connectivity index (χ2v) is 7.17. The standard InChI is InChI=1S/C14H14BrCl2NO/c15-12-4-1-8(5-13(12)17)14(19)18-10-2-3-11(18)7-9(16)6-10/h1,4-5,9-11H,2-3,6-7H2. The van der Waals surface area contributed by atoms with Crippen LogP contribution >= 0.6 is 39.1 Å². The van der Waals surface area contributed by atoms with Gasteiger partial charge in [0.25, 0.3) is 5.91 Å². The van der Waals surface area contributed by atoms with Crippen LogP contribution in [-0.2, 0) is 0 Å². The molecule has 1 aromatic carbocycles. The number of halogens is 3. The summed E-state index contributed by atoms with van der Waals surface area (Å²) in [5, 5.41) is 0.792. The Labute approximate surface area is 131 Å². The van der Waals surface area contributed by atoms with Crippen molar-refractivity contribution in [2.45, 2.75) is 43.1 Å². The highest BCUT2D eigenvalue weighted by atomic mass is 79.9. The summed E-state index contributed by atoms with van der Waals surface area (Å²) in [6.45, 7) is 0. The Balaban J connectivity index is 1.86. The van der Waals surface area contributed by atoms with Gasteiger partial charge < -0.3 is 4.90 Å². The lowest BCUT2D eigenvalue weighted by Gasteiger charge is -2.37. The average Bonchev–Trinajstić information content (AvgIpc) is 2.64. The fourth-order valence-electron chi connectivity index (χ4n) is 3.22. The fraction of sp³-hybridized carbons (Fsp3) is 0.500. The van der Waals surface area contributed by atoms with Gasteiger partial charge in [-0.1, -0.05) is 11.6 Å². The number of piperidine rings is 1. The third-order valence-electron chi connectivity index (χ3n) is 4.08. The minimum absolute atomic E-state index is 0.0884. The molecular weight excluding hydrogens is 349 g/mol. The molecule has 2 unspecified atom stereocenters. The number of nitrogens with zero attached hydrogens (tertiary/aromatic N) is 1. The third-order valence-corrected chi connectivity index (χ3v) is 5.67. The summed E-state index contributed by atoms with van der Waals surface area (Å²) in [5.74, 6) is 0.0884. The number of fused-ring (bicyclic) bond motifs is 2. The smallest absolute Gasteiger partial charge is 0.254 e. The second-order valence-electron chi connectivity index (χ2n) is 5.29. The van der Waals surface area contributed by atoms with Gasteiger partial charge in [0, 0.05) is 27.5 Å². The summed E-state index contributed by atoms with van der Waals surface area (Å²) in [6, 6.07) is 5.99. The molecule has 0 aliphatic carbocycles. The molecule has 2 heterocycles. The largest absolute Gasteiger partial charge is 0.333 e. The first-order valence-corrected chi connectivity index (χ1v) is 8.09. The van der Waals surface area contributed by atoms with Crippen LogP contribution in [-0.4, -0.2) is 28.3 Å². The van der Waals surface area contributed by atoms with Crippen LogP contribution in [0.15, 0.2) is 22.7 Å². The minimum Gasteiger partial charge on any atom is -0.333 e. The lowest BCUT2D eigenvalue weighted by atomic mass is 10.0. The van der Waals surface area contributed by atoms with Crippen LogP contribution in [0.1, 0.15) is 36.0 Å². The van der Waals surface area contributed by atoms with Crippen LogP contribution in [0.3, 0.4) is 0 Å². The lowest BCUT2D eigenvalue weighted by Crippen LogP contribution is -2.46. The summed E-state index contributed by atoms with van der Waals surface area (Å²) in [4.78, 5) is 14.7. The predicted molar refractivity (Wildman–Crippen MR) is 81.0 cm³/mol. The van der Waals surface area contributed by atoms with Gasteiger partial charge >= 0.3 is 0 Å². The van der Waals surface area contributed by atoms with Gasteiger partial charge in [0.2, 0.25) is 0 Å². The van der Waals surface area contributed by atoms with Crippen molar-refractivity contribution >= 4 is 45.0 Å². The van der Waals surface area contributed by atoms with E-state index in [4.69, 9.17) is 23.2 Å². The van der Waals surface area contributed by atoms with Crippen LogP contribution in [0.4, 0.5) is 0 Å². The van der Waals surface area contributed by atoms with Crippen molar-refractivity contribution in [1.29, 1.82) is 0 Å². The normalized spacial score (nSPS) is 29.6. The van der Waals surface area contributed by atoms with Gasteiger partial charge in [-0.05, 0) is 59.8 Å². The van der Waals surface area contributed by atoms with Gasteiger partial charge in [-0.25, -0.2) is 0 Å². The molecule has 19 heavy (non-hydrogen) atoms. The zero-order valence-electron chi connectivity index (χ0n) is 10.3. The fourth-order valence-corrected chi connectivity index (χ4v) is 4.06. The third kappa shape index (κ3) is 2.53. The van der Waals surface area contributed by atoms with E-state index in [1.807, 2.05) is 17.0 Å². The molecule has 0 radical (unpaired) electrons. The van der Waals surface area contributed by atoms with Gasteiger partial charge in [0.05, 0.1) is 5.02 Å². The maximum atomic E-state index is 12.6. The molecule has 102 valence electrons. The first-order chi connectivity index (χ1) is 9.06. The summed E-state index contributed by atoms with van der Waals surface area (Å²) in [5.41, 5.74) is 0.665. The maximum absolute atomic E-state index is 12.6. The molecule has 2 saturated heterocycles. The summed E-state index contributed by atoms with van der Waals surface area (Å²) in [7, 11) is 0. The number of benzene rings is 1. The first kappa shape index (κ1) is 13.7. The molecule has 3 rings (SSSR count). The van der Waals surface area contributed by atoms with Crippen molar-refractivity contribution in [1.82, 2.24) is 4.90 Å². The molecule has 2 fully saturated rings. The molecular formula is C14H14BrCl2NO. The number of hydrogen-bond acceptors (Lipinski definition) is 1. The van der Waals surface area contributed by atoms with E-state index in [0.29, 0.717) is 22.7 Å². The predicted octanol–water partition coefficient (Wildman–Crippen LogP) is 4.48. The zero-order chi connectivity index (χ0) is 13.6. The van der Waals surface area contributed by atoms with Crippen molar-refractivity contribution in [2.75, 3.05) is 0 Å². The van der Waals surface area contributed by atoms with Crippen molar-refractivity contribution in [3.8, 4) is 0 Å². The number of rotatable bonds is 1. The number of carbonyl (C=O) groups is 1. The average molecular weight is 363 g/mol. The van der Waals surface area contributed by atoms with Crippen molar-refractivity contribution < 1.29 is 4.79 Å². The maximum Gasteiger partial charge on any atom is 0.254 e. The van der Waals surface area contributed by atoms with E-state index in [2.05, 4.69) is 15.9 Å². The van der Waals surface area contributed by atoms with E-state index in [0.717, 1.165) is 30.2 Å². The lowest BCUT2D eigenvalue weighted by molar-refractivity contribution is 0.0599. The molecule has 2 bridgehead atoms. The highest BCUT2D eigenvalue weighted by molar-refractivity contribution is 9.10. The molecule has 0 aromatic heterocycles. The quantitative estimate of drug-likeness (QED) is 0.674. The van der Waals surface area contributed by atoms with E-state index >= 15 is 0 Å². The van der Waals surface area contributed by atoms with Gasteiger partial charge in [-0.3, -0.25) is 4.79 Å². The number of carbonyl (C=O) groups excluding carboxylic acids is 1. The molecule has 2 aliphatic rings. The topological polar surface area (TPSA) is 20.3 Å². The number of hydrogen-bond donors (Lipinski definition) is 0. The molecule has 0 N–H and O–H groups in total. The first-order valence-electron chi connectivity index (χ1n) is 6.48. The number of alkyl halides is 1. The van der Waals surface area contributed by atoms with E-state index in [1.54, 1.807) is 6.07 Å². The Hall–Kier alpha value is -0.250. The summed E-state index contributed by atoms with van der Waals surface area (Å²) >= 11 is 15.7. The van der Waals surface area contributed by atoms with E-state index < -0.39 is 0 Å². The Morgan fingerprint density at radius 3 is 2.47 bits per heavy atom. The molecule has 0 saturated carbocycles. The molecule has 2 nitrogen and oxygen atoms in total. The van der Waals surface area contributed by atoms with Crippen molar-refractivity contribution in [3.63, 3.8) is 0 Å². The van der Waals surface area contributed by atoms with Crippen LogP contribution < -0.4 is 0 Å². The second kappa shape index (κ2) is 5.27. The summed E-state index contributed by atoms with van der Waals surface area (Å²) in [6.07, 6.45) is 3.97. The molecule has 5 heteroatoms. The Morgan fingerprint density at radius 2 is 1.89 bits per heavy atom. The zero-order valence-corrected chi connectivity index (χ0v) is 13.4. The van der Waals surface area contributed by atoms with Gasteiger partial charge in [-0.2, -0.15) is 0 Å². The highest BCUT2D eigenvalue weighted by Crippen LogP contribution is 2.39. The Bertz CT molecular complexity index is 508. The van der Waals surface area contributed by atoms with Crippen LogP contribution in [0.25, 0.3) is 0 Å². The minimum atomic E-state index is 0.0884. The highest BCUT2D eigenvalue weighted by Gasteiger charge is 2.42.